The Kier molecular flexibility index (Phi) is 2.97. The molecule has 1 aliphatic rings. The van der Waals surface area contributed by atoms with Gasteiger partial charge >= 0.3 is 6.18 Å². The van der Waals surface area contributed by atoms with Crippen molar-refractivity contribution in [3.05, 3.63) is 35.8 Å². The molecule has 1 N–H and O–H groups in total. The van der Waals surface area contributed by atoms with E-state index in [0.717, 1.165) is 43.8 Å². The maximum absolute atomic E-state index is 12.6. The number of rotatable bonds is 2. The van der Waals surface area contributed by atoms with Gasteiger partial charge in [0.05, 0.1) is 11.3 Å². The Bertz CT molecular complexity index is 582. The van der Waals surface area contributed by atoms with Gasteiger partial charge in [0.2, 0.25) is 0 Å². The number of alkyl halides is 3. The number of imidazole rings is 1. The highest BCUT2D eigenvalue weighted by molar-refractivity contribution is 5.43. The van der Waals surface area contributed by atoms with E-state index in [4.69, 9.17) is 0 Å². The van der Waals surface area contributed by atoms with E-state index in [1.54, 1.807) is 4.40 Å². The summed E-state index contributed by atoms with van der Waals surface area (Å²) in [6.07, 6.45) is 0.830. The molecule has 102 valence electrons. The molecule has 0 spiro atoms. The molecule has 0 amide bonds. The summed E-state index contributed by atoms with van der Waals surface area (Å²) < 4.78 is 39.5. The lowest BCUT2D eigenvalue weighted by atomic mass is 10.0. The van der Waals surface area contributed by atoms with Crippen molar-refractivity contribution in [1.29, 1.82) is 0 Å². The summed E-state index contributed by atoms with van der Waals surface area (Å²) >= 11 is 0. The zero-order valence-electron chi connectivity index (χ0n) is 10.2. The zero-order chi connectivity index (χ0) is 13.5. The van der Waals surface area contributed by atoms with Crippen LogP contribution < -0.4 is 5.32 Å². The standard InChI is InChI=1S/C13H14F3N3/c14-13(15,16)10-2-4-19-8-11(18-12(19)6-10)5-9-1-3-17-7-9/h2,4,6,8-9,17H,1,3,5,7H2. The van der Waals surface area contributed by atoms with E-state index in [2.05, 4.69) is 10.3 Å². The average molecular weight is 269 g/mol. The van der Waals surface area contributed by atoms with Crippen molar-refractivity contribution in [3.8, 4) is 0 Å². The Balaban J connectivity index is 1.87. The van der Waals surface area contributed by atoms with E-state index in [9.17, 15) is 13.2 Å². The van der Waals surface area contributed by atoms with Crippen molar-refractivity contribution < 1.29 is 13.2 Å². The molecule has 2 aromatic rings. The van der Waals surface area contributed by atoms with Crippen LogP contribution in [0.25, 0.3) is 5.65 Å². The molecule has 0 saturated carbocycles. The van der Waals surface area contributed by atoms with Crippen LogP contribution in [0.3, 0.4) is 0 Å². The molecule has 1 unspecified atom stereocenters. The third-order valence-electron chi connectivity index (χ3n) is 3.50. The van der Waals surface area contributed by atoms with Crippen LogP contribution in [0.1, 0.15) is 17.7 Å². The fourth-order valence-electron chi connectivity index (χ4n) is 2.49. The first-order chi connectivity index (χ1) is 9.02. The van der Waals surface area contributed by atoms with Crippen LogP contribution in [0.5, 0.6) is 0 Å². The largest absolute Gasteiger partial charge is 0.416 e. The van der Waals surface area contributed by atoms with E-state index in [-0.39, 0.29) is 0 Å². The molecule has 3 rings (SSSR count). The van der Waals surface area contributed by atoms with Gasteiger partial charge in [0.25, 0.3) is 0 Å². The van der Waals surface area contributed by atoms with Gasteiger partial charge < -0.3 is 9.72 Å². The van der Waals surface area contributed by atoms with Crippen molar-refractivity contribution in [2.45, 2.75) is 19.0 Å². The molecule has 0 bridgehead atoms. The Morgan fingerprint density at radius 1 is 1.42 bits per heavy atom. The molecule has 2 aromatic heterocycles. The minimum Gasteiger partial charge on any atom is -0.316 e. The van der Waals surface area contributed by atoms with Crippen LogP contribution in [-0.4, -0.2) is 22.5 Å². The molecular formula is C13H14F3N3. The van der Waals surface area contributed by atoms with Gasteiger partial charge in [-0.25, -0.2) is 4.98 Å². The lowest BCUT2D eigenvalue weighted by molar-refractivity contribution is -0.137. The second kappa shape index (κ2) is 4.52. The van der Waals surface area contributed by atoms with Gasteiger partial charge in [-0.3, -0.25) is 0 Å². The van der Waals surface area contributed by atoms with Gasteiger partial charge in [0.15, 0.2) is 0 Å². The lowest BCUT2D eigenvalue weighted by Gasteiger charge is -2.05. The Labute approximate surface area is 108 Å². The molecule has 3 heterocycles. The molecule has 0 aliphatic carbocycles. The summed E-state index contributed by atoms with van der Waals surface area (Å²) in [6, 6.07) is 2.17. The molecule has 1 fully saturated rings. The van der Waals surface area contributed by atoms with Crippen LogP contribution in [-0.2, 0) is 12.6 Å². The first-order valence-electron chi connectivity index (χ1n) is 6.28. The molecule has 0 aromatic carbocycles. The predicted octanol–water partition coefficient (Wildman–Crippen LogP) is 2.51. The lowest BCUT2D eigenvalue weighted by Crippen LogP contribution is -2.10. The molecule has 1 atom stereocenters. The van der Waals surface area contributed by atoms with Gasteiger partial charge in [-0.15, -0.1) is 0 Å². The van der Waals surface area contributed by atoms with Crippen molar-refractivity contribution >= 4 is 5.65 Å². The van der Waals surface area contributed by atoms with E-state index in [1.807, 2.05) is 6.20 Å². The molecule has 1 saturated heterocycles. The van der Waals surface area contributed by atoms with Crippen molar-refractivity contribution in [2.75, 3.05) is 13.1 Å². The second-order valence-corrected chi connectivity index (χ2v) is 4.97. The molecule has 0 radical (unpaired) electrons. The Morgan fingerprint density at radius 3 is 2.95 bits per heavy atom. The van der Waals surface area contributed by atoms with Crippen molar-refractivity contribution in [3.63, 3.8) is 0 Å². The molecular weight excluding hydrogens is 255 g/mol. The van der Waals surface area contributed by atoms with Crippen LogP contribution in [0.2, 0.25) is 0 Å². The minimum absolute atomic E-state index is 0.357. The van der Waals surface area contributed by atoms with E-state index < -0.39 is 11.7 Å². The van der Waals surface area contributed by atoms with Gasteiger partial charge in [-0.2, -0.15) is 13.2 Å². The van der Waals surface area contributed by atoms with Crippen molar-refractivity contribution in [2.24, 2.45) is 5.92 Å². The number of fused-ring (bicyclic) bond motifs is 1. The monoisotopic (exact) mass is 269 g/mol. The van der Waals surface area contributed by atoms with Crippen LogP contribution in [0.15, 0.2) is 24.5 Å². The number of hydrogen-bond acceptors (Lipinski definition) is 2. The topological polar surface area (TPSA) is 29.3 Å². The number of pyridine rings is 1. The number of halogens is 3. The SMILES string of the molecule is FC(F)(F)c1ccn2cc(CC3CCNC3)nc2c1. The molecule has 19 heavy (non-hydrogen) atoms. The predicted molar refractivity (Wildman–Crippen MR) is 64.9 cm³/mol. The maximum Gasteiger partial charge on any atom is 0.416 e. The van der Waals surface area contributed by atoms with Gasteiger partial charge in [-0.1, -0.05) is 0 Å². The highest BCUT2D eigenvalue weighted by atomic mass is 19.4. The van der Waals surface area contributed by atoms with Gasteiger partial charge in [-0.05, 0) is 44.0 Å². The quantitative estimate of drug-likeness (QED) is 0.907. The van der Waals surface area contributed by atoms with Gasteiger partial charge in [0, 0.05) is 12.4 Å². The number of aromatic nitrogens is 2. The van der Waals surface area contributed by atoms with Crippen LogP contribution in [0, 0.1) is 5.92 Å². The fraction of sp³-hybridized carbons (Fsp3) is 0.462. The maximum atomic E-state index is 12.6. The first-order valence-corrected chi connectivity index (χ1v) is 6.28. The average Bonchev–Trinajstić information content (AvgIpc) is 2.95. The first kappa shape index (κ1) is 12.5. The minimum atomic E-state index is -4.32. The highest BCUT2D eigenvalue weighted by Gasteiger charge is 2.30. The van der Waals surface area contributed by atoms with Crippen molar-refractivity contribution in [1.82, 2.24) is 14.7 Å². The number of hydrogen-bond donors (Lipinski definition) is 1. The third-order valence-corrected chi connectivity index (χ3v) is 3.50. The zero-order valence-corrected chi connectivity index (χ0v) is 10.2. The fourth-order valence-corrected chi connectivity index (χ4v) is 2.49. The van der Waals surface area contributed by atoms with E-state index in [1.165, 1.54) is 6.20 Å². The summed E-state index contributed by atoms with van der Waals surface area (Å²) in [7, 11) is 0. The normalized spacial score (nSPS) is 20.3. The Morgan fingerprint density at radius 2 is 2.26 bits per heavy atom. The summed E-state index contributed by atoms with van der Waals surface area (Å²) in [4.78, 5) is 4.29. The molecule has 3 nitrogen and oxygen atoms in total. The summed E-state index contributed by atoms with van der Waals surface area (Å²) in [5, 5.41) is 3.27. The van der Waals surface area contributed by atoms with E-state index in [0.29, 0.717) is 11.6 Å². The smallest absolute Gasteiger partial charge is 0.316 e. The third kappa shape index (κ3) is 2.58. The number of nitrogens with zero attached hydrogens (tertiary/aromatic N) is 2. The number of nitrogens with one attached hydrogen (secondary N) is 1. The second-order valence-electron chi connectivity index (χ2n) is 4.97. The Hall–Kier alpha value is -1.56. The van der Waals surface area contributed by atoms with Crippen LogP contribution >= 0.6 is 0 Å². The van der Waals surface area contributed by atoms with E-state index >= 15 is 0 Å². The summed E-state index contributed by atoms with van der Waals surface area (Å²) in [5.74, 6) is 0.534. The van der Waals surface area contributed by atoms with Crippen LogP contribution in [0.4, 0.5) is 13.2 Å². The molecule has 6 heteroatoms. The summed E-state index contributed by atoms with van der Waals surface area (Å²) in [6.45, 7) is 1.97. The molecule has 1 aliphatic heterocycles. The highest BCUT2D eigenvalue weighted by Crippen LogP contribution is 2.29. The van der Waals surface area contributed by atoms with Gasteiger partial charge in [0.1, 0.15) is 5.65 Å². The summed E-state index contributed by atoms with van der Waals surface area (Å²) in [5.41, 5.74) is 0.559.